The highest BCUT2D eigenvalue weighted by molar-refractivity contribution is 6.35. The number of aryl methyl sites for hydroxylation is 1. The topological polar surface area (TPSA) is 71.2 Å². The summed E-state index contributed by atoms with van der Waals surface area (Å²) in [5.41, 5.74) is 3.30. The number of amides is 1. The molecule has 0 aliphatic heterocycles. The molecule has 4 rings (SSSR count). The summed E-state index contributed by atoms with van der Waals surface area (Å²) in [4.78, 5) is 27.5. The Bertz CT molecular complexity index is 1120. The lowest BCUT2D eigenvalue weighted by Crippen LogP contribution is -2.21. The third-order valence-corrected chi connectivity index (χ3v) is 5.40. The van der Waals surface area contributed by atoms with Gasteiger partial charge in [-0.05, 0) is 61.6 Å². The summed E-state index contributed by atoms with van der Waals surface area (Å²) in [5, 5.41) is 4.65. The van der Waals surface area contributed by atoms with Crippen LogP contribution in [0.25, 0.3) is 10.9 Å². The third kappa shape index (κ3) is 3.86. The number of aromatic amines is 1. The van der Waals surface area contributed by atoms with E-state index in [9.17, 15) is 9.59 Å². The summed E-state index contributed by atoms with van der Waals surface area (Å²) in [6, 6.07) is 10.4. The van der Waals surface area contributed by atoms with Crippen molar-refractivity contribution in [1.82, 2.24) is 4.98 Å². The van der Waals surface area contributed by atoms with Crippen LogP contribution in [0.4, 0.5) is 5.69 Å². The van der Waals surface area contributed by atoms with Crippen molar-refractivity contribution < 1.29 is 9.53 Å². The van der Waals surface area contributed by atoms with Gasteiger partial charge in [0, 0.05) is 21.7 Å². The second kappa shape index (κ2) is 7.86. The molecule has 0 atom stereocenters. The van der Waals surface area contributed by atoms with E-state index in [2.05, 4.69) is 10.3 Å². The fourth-order valence-electron chi connectivity index (χ4n) is 3.57. The van der Waals surface area contributed by atoms with Crippen LogP contribution in [0.2, 0.25) is 10.0 Å². The predicted molar refractivity (Wildman–Crippen MR) is 112 cm³/mol. The zero-order valence-corrected chi connectivity index (χ0v) is 16.5. The zero-order valence-electron chi connectivity index (χ0n) is 15.0. The minimum atomic E-state index is -0.328. The van der Waals surface area contributed by atoms with Crippen LogP contribution < -0.4 is 15.6 Å². The molecule has 28 heavy (non-hydrogen) atoms. The van der Waals surface area contributed by atoms with Crippen molar-refractivity contribution in [3.05, 3.63) is 67.9 Å². The zero-order chi connectivity index (χ0) is 19.7. The Morgan fingerprint density at radius 1 is 1.07 bits per heavy atom. The summed E-state index contributed by atoms with van der Waals surface area (Å²) in [7, 11) is 0. The standard InChI is InChI=1S/C21H18Cl2N2O3/c22-12-5-8-19(17(23)9-12)28-11-20(26)24-13-6-7-15-14-3-1-2-4-16(14)21(27)25-18(15)10-13/h5-10H,1-4,11H2,(H,24,26)(H,25,27). The lowest BCUT2D eigenvalue weighted by Gasteiger charge is -2.17. The molecule has 0 saturated heterocycles. The van der Waals surface area contributed by atoms with Crippen LogP contribution in [0, 0.1) is 0 Å². The molecule has 7 heteroatoms. The molecule has 3 aromatic rings. The van der Waals surface area contributed by atoms with Crippen molar-refractivity contribution in [3.63, 3.8) is 0 Å². The molecule has 1 aromatic heterocycles. The molecule has 0 fully saturated rings. The molecule has 0 unspecified atom stereocenters. The first-order chi connectivity index (χ1) is 13.5. The highest BCUT2D eigenvalue weighted by atomic mass is 35.5. The molecule has 2 aromatic carbocycles. The number of hydrogen-bond acceptors (Lipinski definition) is 3. The van der Waals surface area contributed by atoms with Crippen LogP contribution in [0.5, 0.6) is 5.75 Å². The number of carbonyl (C=O) groups is 1. The number of ether oxygens (including phenoxy) is 1. The van der Waals surface area contributed by atoms with E-state index in [4.69, 9.17) is 27.9 Å². The van der Waals surface area contributed by atoms with E-state index in [-0.39, 0.29) is 18.1 Å². The van der Waals surface area contributed by atoms with Crippen LogP contribution in [0.3, 0.4) is 0 Å². The Morgan fingerprint density at radius 2 is 1.86 bits per heavy atom. The lowest BCUT2D eigenvalue weighted by molar-refractivity contribution is -0.118. The molecule has 0 spiro atoms. The summed E-state index contributed by atoms with van der Waals surface area (Å²) in [5.74, 6) is 0.0568. The Kier molecular flexibility index (Phi) is 5.29. The normalized spacial score (nSPS) is 13.2. The minimum Gasteiger partial charge on any atom is -0.482 e. The van der Waals surface area contributed by atoms with E-state index in [0.29, 0.717) is 21.5 Å². The molecule has 1 heterocycles. The molecular formula is C21H18Cl2N2O3. The van der Waals surface area contributed by atoms with E-state index < -0.39 is 0 Å². The Labute approximate surface area is 171 Å². The van der Waals surface area contributed by atoms with Gasteiger partial charge in [-0.25, -0.2) is 0 Å². The highest BCUT2D eigenvalue weighted by Crippen LogP contribution is 2.28. The quantitative estimate of drug-likeness (QED) is 0.645. The summed E-state index contributed by atoms with van der Waals surface area (Å²) < 4.78 is 5.45. The van der Waals surface area contributed by atoms with E-state index >= 15 is 0 Å². The Balaban J connectivity index is 1.50. The van der Waals surface area contributed by atoms with Crippen molar-refractivity contribution in [2.24, 2.45) is 0 Å². The van der Waals surface area contributed by atoms with E-state index in [1.54, 1.807) is 24.3 Å². The van der Waals surface area contributed by atoms with E-state index in [1.165, 1.54) is 0 Å². The van der Waals surface area contributed by atoms with Crippen molar-refractivity contribution >= 4 is 45.7 Å². The fourth-order valence-corrected chi connectivity index (χ4v) is 4.04. The van der Waals surface area contributed by atoms with Crippen LogP contribution in [0.1, 0.15) is 24.0 Å². The van der Waals surface area contributed by atoms with Gasteiger partial charge in [-0.15, -0.1) is 0 Å². The van der Waals surface area contributed by atoms with Gasteiger partial charge in [0.15, 0.2) is 6.61 Å². The van der Waals surface area contributed by atoms with Gasteiger partial charge in [-0.2, -0.15) is 0 Å². The largest absolute Gasteiger partial charge is 0.482 e. The number of anilines is 1. The van der Waals surface area contributed by atoms with Crippen molar-refractivity contribution in [2.45, 2.75) is 25.7 Å². The first-order valence-corrected chi connectivity index (χ1v) is 9.82. The fraction of sp³-hybridized carbons (Fsp3) is 0.238. The SMILES string of the molecule is O=C(COc1ccc(Cl)cc1Cl)Nc1ccc2c3c(c(=O)[nH]c2c1)CCCC3. The second-order valence-corrected chi connectivity index (χ2v) is 7.63. The number of pyridine rings is 1. The number of rotatable bonds is 4. The highest BCUT2D eigenvalue weighted by Gasteiger charge is 2.16. The monoisotopic (exact) mass is 416 g/mol. The van der Waals surface area contributed by atoms with Gasteiger partial charge in [0.05, 0.1) is 10.5 Å². The number of carbonyl (C=O) groups excluding carboxylic acids is 1. The summed E-state index contributed by atoms with van der Waals surface area (Å²) in [6.45, 7) is -0.194. The summed E-state index contributed by atoms with van der Waals surface area (Å²) >= 11 is 11.9. The first-order valence-electron chi connectivity index (χ1n) is 9.07. The maximum absolute atomic E-state index is 12.3. The van der Waals surface area contributed by atoms with E-state index in [1.807, 2.05) is 12.1 Å². The van der Waals surface area contributed by atoms with Gasteiger partial charge in [0.1, 0.15) is 5.75 Å². The maximum Gasteiger partial charge on any atom is 0.262 e. The van der Waals surface area contributed by atoms with Crippen molar-refractivity contribution in [2.75, 3.05) is 11.9 Å². The minimum absolute atomic E-state index is 0.0357. The molecule has 0 saturated carbocycles. The van der Waals surface area contributed by atoms with Gasteiger partial charge in [-0.3, -0.25) is 9.59 Å². The molecule has 144 valence electrons. The number of aromatic nitrogens is 1. The number of H-pyrrole nitrogens is 1. The number of halogens is 2. The molecule has 5 nitrogen and oxygen atoms in total. The van der Waals surface area contributed by atoms with Crippen molar-refractivity contribution in [3.8, 4) is 5.75 Å². The van der Waals surface area contributed by atoms with Gasteiger partial charge in [0.25, 0.3) is 11.5 Å². The van der Waals surface area contributed by atoms with Gasteiger partial charge >= 0.3 is 0 Å². The second-order valence-electron chi connectivity index (χ2n) is 6.79. The first kappa shape index (κ1) is 18.8. The van der Waals surface area contributed by atoms with Crippen LogP contribution in [-0.4, -0.2) is 17.5 Å². The predicted octanol–water partition coefficient (Wildman–Crippen LogP) is 4.73. The Hall–Kier alpha value is -2.50. The smallest absolute Gasteiger partial charge is 0.262 e. The molecule has 1 aliphatic rings. The summed E-state index contributed by atoms with van der Waals surface area (Å²) in [6.07, 6.45) is 3.88. The number of benzene rings is 2. The van der Waals surface area contributed by atoms with Crippen LogP contribution >= 0.6 is 23.2 Å². The van der Waals surface area contributed by atoms with Gasteiger partial charge in [0.2, 0.25) is 0 Å². The average molecular weight is 417 g/mol. The molecule has 2 N–H and O–H groups in total. The van der Waals surface area contributed by atoms with Gasteiger partial charge < -0.3 is 15.0 Å². The number of hydrogen-bond donors (Lipinski definition) is 2. The van der Waals surface area contributed by atoms with E-state index in [0.717, 1.165) is 47.7 Å². The molecule has 0 bridgehead atoms. The number of nitrogens with one attached hydrogen (secondary N) is 2. The number of fused-ring (bicyclic) bond motifs is 3. The molecule has 0 radical (unpaired) electrons. The Morgan fingerprint density at radius 3 is 2.64 bits per heavy atom. The molecule has 1 aliphatic carbocycles. The lowest BCUT2D eigenvalue weighted by atomic mass is 9.90. The van der Waals surface area contributed by atoms with Crippen molar-refractivity contribution in [1.29, 1.82) is 0 Å². The third-order valence-electron chi connectivity index (χ3n) is 4.87. The van der Waals surface area contributed by atoms with Crippen LogP contribution in [-0.2, 0) is 17.6 Å². The average Bonchev–Trinajstić information content (AvgIpc) is 2.67. The molecular weight excluding hydrogens is 399 g/mol. The maximum atomic E-state index is 12.3. The molecule has 1 amide bonds. The van der Waals surface area contributed by atoms with Gasteiger partial charge in [-0.1, -0.05) is 29.3 Å². The van der Waals surface area contributed by atoms with Crippen LogP contribution in [0.15, 0.2) is 41.2 Å².